The van der Waals surface area contributed by atoms with Crippen molar-refractivity contribution in [2.24, 2.45) is 0 Å². The molecule has 0 heterocycles. The zero-order chi connectivity index (χ0) is 13.7. The molecule has 0 aliphatic heterocycles. The Hall–Kier alpha value is -1.06. The van der Waals surface area contributed by atoms with E-state index in [1.807, 2.05) is 0 Å². The summed E-state index contributed by atoms with van der Waals surface area (Å²) >= 11 is 11.6. The van der Waals surface area contributed by atoms with Gasteiger partial charge in [-0.2, -0.15) is 0 Å². The van der Waals surface area contributed by atoms with E-state index in [2.05, 4.69) is 5.32 Å². The number of Topliss-reactive ketones (excluding diaryl/α,β-unsaturated/α-hetero) is 1. The van der Waals surface area contributed by atoms with E-state index >= 15 is 0 Å². The second-order valence-corrected chi connectivity index (χ2v) is 4.85. The third-order valence-corrected chi connectivity index (χ3v) is 3.30. The number of benzene rings is 1. The fraction of sp³-hybridized carbons (Fsp3) is 0.385. The highest BCUT2D eigenvalue weighted by molar-refractivity contribution is 6.42. The predicted octanol–water partition coefficient (Wildman–Crippen LogP) is 3.02. The van der Waals surface area contributed by atoms with Gasteiger partial charge in [0.2, 0.25) is 5.91 Å². The van der Waals surface area contributed by atoms with Crippen molar-refractivity contribution in [3.63, 3.8) is 0 Å². The molecule has 1 atom stereocenters. The van der Waals surface area contributed by atoms with E-state index in [0.717, 1.165) is 5.56 Å². The number of hydrogen-bond acceptors (Lipinski definition) is 2. The minimum Gasteiger partial charge on any atom is -0.346 e. The number of hydrogen-bond donors (Lipinski definition) is 1. The van der Waals surface area contributed by atoms with E-state index in [0.29, 0.717) is 16.5 Å². The fourth-order valence-corrected chi connectivity index (χ4v) is 1.83. The third-order valence-electron chi connectivity index (χ3n) is 2.56. The van der Waals surface area contributed by atoms with Crippen LogP contribution in [0.25, 0.3) is 0 Å². The SMILES string of the molecule is CCC(=O)C(C)NC(=O)Cc1ccc(Cl)c(Cl)c1. The average molecular weight is 288 g/mol. The minimum atomic E-state index is -0.453. The van der Waals surface area contributed by atoms with Crippen LogP contribution in [0.5, 0.6) is 0 Å². The third kappa shape index (κ3) is 4.31. The fourth-order valence-electron chi connectivity index (χ4n) is 1.51. The number of ketones is 1. The first-order valence-electron chi connectivity index (χ1n) is 5.70. The molecule has 1 N–H and O–H groups in total. The summed E-state index contributed by atoms with van der Waals surface area (Å²) in [6, 6.07) is 4.58. The van der Waals surface area contributed by atoms with Crippen LogP contribution in [0.2, 0.25) is 10.0 Å². The first-order valence-corrected chi connectivity index (χ1v) is 6.45. The summed E-state index contributed by atoms with van der Waals surface area (Å²) in [7, 11) is 0. The van der Waals surface area contributed by atoms with E-state index in [-0.39, 0.29) is 18.1 Å². The van der Waals surface area contributed by atoms with Crippen molar-refractivity contribution in [3.8, 4) is 0 Å². The number of carbonyl (C=O) groups excluding carboxylic acids is 2. The van der Waals surface area contributed by atoms with Gasteiger partial charge in [-0.1, -0.05) is 36.2 Å². The monoisotopic (exact) mass is 287 g/mol. The van der Waals surface area contributed by atoms with Crippen molar-refractivity contribution in [2.45, 2.75) is 32.7 Å². The molecule has 0 saturated carbocycles. The molecule has 1 amide bonds. The van der Waals surface area contributed by atoms with Gasteiger partial charge in [-0.3, -0.25) is 9.59 Å². The Morgan fingerprint density at radius 3 is 2.50 bits per heavy atom. The van der Waals surface area contributed by atoms with Gasteiger partial charge in [0, 0.05) is 6.42 Å². The molecule has 1 unspecified atom stereocenters. The van der Waals surface area contributed by atoms with Crippen molar-refractivity contribution >= 4 is 34.9 Å². The van der Waals surface area contributed by atoms with Crippen LogP contribution >= 0.6 is 23.2 Å². The van der Waals surface area contributed by atoms with Crippen molar-refractivity contribution in [2.75, 3.05) is 0 Å². The van der Waals surface area contributed by atoms with Crippen molar-refractivity contribution in [1.82, 2.24) is 5.32 Å². The van der Waals surface area contributed by atoms with Crippen LogP contribution in [-0.4, -0.2) is 17.7 Å². The van der Waals surface area contributed by atoms with E-state index < -0.39 is 6.04 Å². The van der Waals surface area contributed by atoms with Gasteiger partial charge >= 0.3 is 0 Å². The molecule has 0 radical (unpaired) electrons. The molecule has 1 rings (SSSR count). The number of halogens is 2. The molecule has 98 valence electrons. The van der Waals surface area contributed by atoms with Gasteiger partial charge < -0.3 is 5.32 Å². The lowest BCUT2D eigenvalue weighted by atomic mass is 10.1. The maximum atomic E-state index is 11.7. The Morgan fingerprint density at radius 2 is 1.94 bits per heavy atom. The normalized spacial score (nSPS) is 12.0. The molecule has 0 bridgehead atoms. The lowest BCUT2D eigenvalue weighted by Gasteiger charge is -2.12. The van der Waals surface area contributed by atoms with Gasteiger partial charge in [0.15, 0.2) is 5.78 Å². The van der Waals surface area contributed by atoms with Crippen molar-refractivity contribution in [3.05, 3.63) is 33.8 Å². The number of carbonyl (C=O) groups is 2. The molecule has 3 nitrogen and oxygen atoms in total. The summed E-state index contributed by atoms with van der Waals surface area (Å²) in [6.07, 6.45) is 0.590. The first-order chi connectivity index (χ1) is 8.43. The smallest absolute Gasteiger partial charge is 0.224 e. The van der Waals surface area contributed by atoms with Gasteiger partial charge in [-0.05, 0) is 24.6 Å². The topological polar surface area (TPSA) is 46.2 Å². The molecule has 5 heteroatoms. The van der Waals surface area contributed by atoms with Crippen LogP contribution in [0.3, 0.4) is 0 Å². The second-order valence-electron chi connectivity index (χ2n) is 4.03. The lowest BCUT2D eigenvalue weighted by molar-refractivity contribution is -0.126. The predicted molar refractivity (Wildman–Crippen MR) is 73.1 cm³/mol. The Balaban J connectivity index is 2.59. The van der Waals surface area contributed by atoms with Crippen LogP contribution < -0.4 is 5.32 Å². The first kappa shape index (κ1) is 15.0. The van der Waals surface area contributed by atoms with Gasteiger partial charge in [-0.15, -0.1) is 0 Å². The highest BCUT2D eigenvalue weighted by Gasteiger charge is 2.14. The molecule has 0 aromatic heterocycles. The molecule has 0 fully saturated rings. The average Bonchev–Trinajstić information content (AvgIpc) is 2.32. The van der Waals surface area contributed by atoms with E-state index in [1.165, 1.54) is 0 Å². The van der Waals surface area contributed by atoms with E-state index in [9.17, 15) is 9.59 Å². The molecular weight excluding hydrogens is 273 g/mol. The summed E-state index contributed by atoms with van der Waals surface area (Å²) in [5.41, 5.74) is 0.762. The van der Waals surface area contributed by atoms with Crippen molar-refractivity contribution < 1.29 is 9.59 Å². The summed E-state index contributed by atoms with van der Waals surface area (Å²) in [5.74, 6) is -0.194. The summed E-state index contributed by atoms with van der Waals surface area (Å²) in [4.78, 5) is 23.0. The van der Waals surface area contributed by atoms with Crippen LogP contribution in [0, 0.1) is 0 Å². The quantitative estimate of drug-likeness (QED) is 0.905. The van der Waals surface area contributed by atoms with E-state index in [1.54, 1.807) is 32.0 Å². The minimum absolute atomic E-state index is 0.0116. The highest BCUT2D eigenvalue weighted by atomic mass is 35.5. The molecule has 0 aliphatic carbocycles. The Morgan fingerprint density at radius 1 is 1.28 bits per heavy atom. The molecule has 1 aromatic rings. The van der Waals surface area contributed by atoms with Gasteiger partial charge in [0.05, 0.1) is 22.5 Å². The summed E-state index contributed by atoms with van der Waals surface area (Å²) in [6.45, 7) is 3.45. The summed E-state index contributed by atoms with van der Waals surface area (Å²) < 4.78 is 0. The Kier molecular flexibility index (Phi) is 5.63. The molecule has 0 saturated heterocycles. The maximum absolute atomic E-state index is 11.7. The Labute approximate surface area is 116 Å². The van der Waals surface area contributed by atoms with Crippen LogP contribution in [0.15, 0.2) is 18.2 Å². The van der Waals surface area contributed by atoms with Gasteiger partial charge in [0.25, 0.3) is 0 Å². The highest BCUT2D eigenvalue weighted by Crippen LogP contribution is 2.22. The molecule has 0 aliphatic rings. The molecule has 1 aromatic carbocycles. The number of nitrogens with one attached hydrogen (secondary N) is 1. The largest absolute Gasteiger partial charge is 0.346 e. The lowest BCUT2D eigenvalue weighted by Crippen LogP contribution is -2.39. The van der Waals surface area contributed by atoms with Gasteiger partial charge in [-0.25, -0.2) is 0 Å². The molecule has 0 spiro atoms. The number of amides is 1. The van der Waals surface area contributed by atoms with Crippen molar-refractivity contribution in [1.29, 1.82) is 0 Å². The zero-order valence-electron chi connectivity index (χ0n) is 10.3. The van der Waals surface area contributed by atoms with Gasteiger partial charge in [0.1, 0.15) is 0 Å². The second kappa shape index (κ2) is 6.76. The molecular formula is C13H15Cl2NO2. The standard InChI is InChI=1S/C13H15Cl2NO2/c1-3-12(17)8(2)16-13(18)7-9-4-5-10(14)11(15)6-9/h4-6,8H,3,7H2,1-2H3,(H,16,18). The van der Waals surface area contributed by atoms with Crippen LogP contribution in [0.4, 0.5) is 0 Å². The molecule has 18 heavy (non-hydrogen) atoms. The van der Waals surface area contributed by atoms with Crippen LogP contribution in [-0.2, 0) is 16.0 Å². The maximum Gasteiger partial charge on any atom is 0.224 e. The summed E-state index contributed by atoms with van der Waals surface area (Å²) in [5, 5.41) is 3.52. The number of rotatable bonds is 5. The van der Waals surface area contributed by atoms with Crippen LogP contribution in [0.1, 0.15) is 25.8 Å². The zero-order valence-corrected chi connectivity index (χ0v) is 11.8. The van der Waals surface area contributed by atoms with E-state index in [4.69, 9.17) is 23.2 Å². The Bertz CT molecular complexity index is 460.